The number of anilines is 1. The first-order valence-electron chi connectivity index (χ1n) is 14.9. The summed E-state index contributed by atoms with van der Waals surface area (Å²) in [6.45, 7) is 15.8. The van der Waals surface area contributed by atoms with Gasteiger partial charge in [0, 0.05) is 54.6 Å². The third kappa shape index (κ3) is 6.85. The molecule has 0 unspecified atom stereocenters. The Bertz CT molecular complexity index is 1590. The number of aliphatic carboxylic acids is 1. The highest BCUT2D eigenvalue weighted by molar-refractivity contribution is 7.22. The predicted octanol–water partition coefficient (Wildman–Crippen LogP) is 7.63. The van der Waals surface area contributed by atoms with Crippen LogP contribution in [-0.4, -0.2) is 68.7 Å². The summed E-state index contributed by atoms with van der Waals surface area (Å²) in [5.74, 6) is -0.331. The summed E-state index contributed by atoms with van der Waals surface area (Å²) in [5, 5.41) is 11.7. The normalized spacial score (nSPS) is 15.4. The van der Waals surface area contributed by atoms with Gasteiger partial charge >= 0.3 is 5.97 Å². The number of halogens is 1. The minimum Gasteiger partial charge on any atom is -0.479 e. The number of thiazole rings is 1. The Labute approximate surface area is 262 Å². The van der Waals surface area contributed by atoms with Crippen molar-refractivity contribution < 1.29 is 14.6 Å². The molecule has 43 heavy (non-hydrogen) atoms. The van der Waals surface area contributed by atoms with Gasteiger partial charge in [-0.15, -0.1) is 11.3 Å². The zero-order valence-electron chi connectivity index (χ0n) is 25.7. The summed E-state index contributed by atoms with van der Waals surface area (Å²) in [6, 6.07) is 11.9. The molecule has 1 N–H and O–H groups in total. The Morgan fingerprint density at radius 1 is 1.07 bits per heavy atom. The van der Waals surface area contributed by atoms with Gasteiger partial charge in [-0.05, 0) is 75.9 Å². The summed E-state index contributed by atoms with van der Waals surface area (Å²) in [5.41, 5.74) is 3.92. The number of fused-ring (bicyclic) bond motifs is 1. The number of ether oxygens (including phenoxy) is 1. The second kappa shape index (κ2) is 12.9. The summed E-state index contributed by atoms with van der Waals surface area (Å²) < 4.78 is 7.02. The first-order valence-corrected chi connectivity index (χ1v) is 16.1. The average molecular weight is 622 g/mol. The van der Waals surface area contributed by atoms with Gasteiger partial charge in [0.15, 0.2) is 6.10 Å². The molecule has 0 saturated carbocycles. The van der Waals surface area contributed by atoms with Crippen LogP contribution in [0.2, 0.25) is 5.02 Å². The SMILES string of the molecule is CCC(CC)N1CCN(c2nccc(-c3nc4cc(C)c([C@H](OC(C)(C)C)C(=O)O)c(-c5ccc(Cl)cc5)c4s3)n2)CC1. The van der Waals surface area contributed by atoms with Crippen LogP contribution < -0.4 is 4.90 Å². The van der Waals surface area contributed by atoms with Gasteiger partial charge in [-0.1, -0.05) is 37.6 Å². The largest absolute Gasteiger partial charge is 0.479 e. The fourth-order valence-electron chi connectivity index (χ4n) is 5.86. The summed E-state index contributed by atoms with van der Waals surface area (Å²) in [6.07, 6.45) is 2.96. The molecule has 2 aromatic carbocycles. The topological polar surface area (TPSA) is 91.7 Å². The van der Waals surface area contributed by atoms with E-state index in [1.54, 1.807) is 6.20 Å². The molecule has 0 bridgehead atoms. The highest BCUT2D eigenvalue weighted by Crippen LogP contribution is 2.44. The molecule has 1 atom stereocenters. The maximum atomic E-state index is 12.6. The van der Waals surface area contributed by atoms with Crippen LogP contribution >= 0.6 is 22.9 Å². The van der Waals surface area contributed by atoms with Crippen LogP contribution in [0.5, 0.6) is 0 Å². The van der Waals surface area contributed by atoms with Gasteiger partial charge in [0.2, 0.25) is 5.95 Å². The van der Waals surface area contributed by atoms with Crippen molar-refractivity contribution >= 4 is 45.1 Å². The number of hydrogen-bond donors (Lipinski definition) is 1. The fraction of sp³-hybridized carbons (Fsp3) is 0.455. The number of aryl methyl sites for hydroxylation is 1. The van der Waals surface area contributed by atoms with Gasteiger partial charge in [-0.3, -0.25) is 4.90 Å². The van der Waals surface area contributed by atoms with Crippen LogP contribution in [0.3, 0.4) is 0 Å². The molecule has 3 heterocycles. The van der Waals surface area contributed by atoms with Crippen LogP contribution in [0, 0.1) is 6.92 Å². The zero-order chi connectivity index (χ0) is 30.9. The van der Waals surface area contributed by atoms with Crippen molar-refractivity contribution in [3.8, 4) is 21.8 Å². The quantitative estimate of drug-likeness (QED) is 0.204. The molecule has 0 aliphatic carbocycles. The third-order valence-corrected chi connectivity index (χ3v) is 9.30. The number of nitrogens with zero attached hydrogens (tertiary/aromatic N) is 5. The molecule has 1 fully saturated rings. The highest BCUT2D eigenvalue weighted by Gasteiger charge is 2.32. The van der Waals surface area contributed by atoms with E-state index < -0.39 is 17.7 Å². The maximum Gasteiger partial charge on any atom is 0.337 e. The minimum atomic E-state index is -1.16. The molecule has 4 aromatic rings. The summed E-state index contributed by atoms with van der Waals surface area (Å²) in [4.78, 5) is 32.0. The predicted molar refractivity (Wildman–Crippen MR) is 175 cm³/mol. The first kappa shape index (κ1) is 31.3. The molecule has 8 nitrogen and oxygen atoms in total. The van der Waals surface area contributed by atoms with Gasteiger partial charge in [0.25, 0.3) is 0 Å². The van der Waals surface area contributed by atoms with Crippen molar-refractivity contribution in [3.63, 3.8) is 0 Å². The Morgan fingerprint density at radius 2 is 1.74 bits per heavy atom. The van der Waals surface area contributed by atoms with E-state index in [0.717, 1.165) is 76.6 Å². The molecule has 0 amide bonds. The van der Waals surface area contributed by atoms with E-state index in [2.05, 4.69) is 28.6 Å². The summed E-state index contributed by atoms with van der Waals surface area (Å²) >= 11 is 7.74. The smallest absolute Gasteiger partial charge is 0.337 e. The number of piperazine rings is 1. The summed E-state index contributed by atoms with van der Waals surface area (Å²) in [7, 11) is 0. The van der Waals surface area contributed by atoms with Gasteiger partial charge in [0.05, 0.1) is 15.8 Å². The Morgan fingerprint density at radius 3 is 2.35 bits per heavy atom. The van der Waals surface area contributed by atoms with Crippen molar-refractivity contribution in [2.75, 3.05) is 31.1 Å². The highest BCUT2D eigenvalue weighted by atomic mass is 35.5. The molecule has 1 saturated heterocycles. The van der Waals surface area contributed by atoms with E-state index in [4.69, 9.17) is 26.3 Å². The van der Waals surface area contributed by atoms with Gasteiger partial charge in [-0.25, -0.2) is 19.7 Å². The number of carboxylic acid groups (broad SMARTS) is 1. The number of hydrogen-bond acceptors (Lipinski definition) is 8. The number of carboxylic acids is 1. The van der Waals surface area contributed by atoms with E-state index in [1.807, 2.05) is 64.1 Å². The molecule has 2 aromatic heterocycles. The van der Waals surface area contributed by atoms with Gasteiger partial charge in [0.1, 0.15) is 10.7 Å². The average Bonchev–Trinajstić information content (AvgIpc) is 3.40. The number of aromatic nitrogens is 3. The first-order chi connectivity index (χ1) is 20.5. The lowest BCUT2D eigenvalue weighted by molar-refractivity contribution is -0.160. The van der Waals surface area contributed by atoms with Crippen molar-refractivity contribution in [1.82, 2.24) is 19.9 Å². The van der Waals surface area contributed by atoms with E-state index in [-0.39, 0.29) is 0 Å². The standard InChI is InChI=1S/C33H40ClN5O3S/c1-7-23(8-2)38-15-17-39(18-16-38)32-35-14-13-24(37-32)30-36-25-19-20(3)26(28(31(40)41)42-33(4,5)6)27(29(25)43-30)21-9-11-22(34)12-10-21/h9-14,19,23,28H,7-8,15-18H2,1-6H3,(H,40,41)/t28-/m0/s1. The minimum absolute atomic E-state index is 0.606. The number of benzene rings is 2. The van der Waals surface area contributed by atoms with Gasteiger partial charge in [-0.2, -0.15) is 0 Å². The maximum absolute atomic E-state index is 12.6. The van der Waals surface area contributed by atoms with E-state index >= 15 is 0 Å². The molecule has 1 aliphatic heterocycles. The lowest BCUT2D eigenvalue weighted by atomic mass is 9.91. The molecule has 5 rings (SSSR count). The number of carbonyl (C=O) groups is 1. The van der Waals surface area contributed by atoms with E-state index in [1.165, 1.54) is 11.3 Å². The Hall–Kier alpha value is -3.11. The lowest BCUT2D eigenvalue weighted by Crippen LogP contribution is -2.50. The van der Waals surface area contributed by atoms with E-state index in [9.17, 15) is 9.90 Å². The van der Waals surface area contributed by atoms with Crippen LogP contribution in [0.25, 0.3) is 32.0 Å². The molecule has 0 spiro atoms. The van der Waals surface area contributed by atoms with Crippen LogP contribution in [0.1, 0.15) is 64.7 Å². The second-order valence-electron chi connectivity index (χ2n) is 12.0. The van der Waals surface area contributed by atoms with E-state index in [0.29, 0.717) is 22.6 Å². The molecule has 228 valence electrons. The lowest BCUT2D eigenvalue weighted by Gasteiger charge is -2.38. The van der Waals surface area contributed by atoms with Gasteiger partial charge < -0.3 is 14.7 Å². The van der Waals surface area contributed by atoms with Crippen molar-refractivity contribution in [3.05, 3.63) is 58.7 Å². The fourth-order valence-corrected chi connectivity index (χ4v) is 7.08. The third-order valence-electron chi connectivity index (χ3n) is 7.94. The van der Waals surface area contributed by atoms with Crippen molar-refractivity contribution in [2.45, 2.75) is 72.1 Å². The molecule has 10 heteroatoms. The second-order valence-corrected chi connectivity index (χ2v) is 13.5. The molecule has 1 aliphatic rings. The van der Waals surface area contributed by atoms with Crippen LogP contribution in [-0.2, 0) is 9.53 Å². The van der Waals surface area contributed by atoms with Crippen LogP contribution in [0.4, 0.5) is 5.95 Å². The van der Waals surface area contributed by atoms with Crippen molar-refractivity contribution in [1.29, 1.82) is 0 Å². The number of rotatable bonds is 9. The monoisotopic (exact) mass is 621 g/mol. The molecular weight excluding hydrogens is 582 g/mol. The van der Waals surface area contributed by atoms with Crippen LogP contribution in [0.15, 0.2) is 42.6 Å². The van der Waals surface area contributed by atoms with Crippen molar-refractivity contribution in [2.24, 2.45) is 0 Å². The Balaban J connectivity index is 1.57. The molecule has 0 radical (unpaired) electrons. The zero-order valence-corrected chi connectivity index (χ0v) is 27.3. The molecular formula is C33H40ClN5O3S. The Kier molecular flexibility index (Phi) is 9.37.